The molecule has 0 atom stereocenters. The van der Waals surface area contributed by atoms with Gasteiger partial charge in [0.2, 0.25) is 0 Å². The number of aromatic amines is 1. The van der Waals surface area contributed by atoms with Crippen LogP contribution in [0.5, 0.6) is 0 Å². The molecule has 4 aromatic carbocycles. The Balaban J connectivity index is 1.91. The smallest absolute Gasteiger partial charge is 0.0662 e. The molecule has 0 bridgehead atoms. The molecule has 3 heterocycles. The van der Waals surface area contributed by atoms with Crippen molar-refractivity contribution < 1.29 is 0 Å². The number of allylic oxidation sites excluding steroid dienone is 10. The highest BCUT2D eigenvalue weighted by Crippen LogP contribution is 2.48. The van der Waals surface area contributed by atoms with Gasteiger partial charge in [0.05, 0.1) is 27.6 Å². The minimum absolute atomic E-state index is 1.07. The molecule has 0 aliphatic heterocycles. The summed E-state index contributed by atoms with van der Waals surface area (Å²) < 4.78 is 4.83. The van der Waals surface area contributed by atoms with Crippen LogP contribution in [0.15, 0.2) is 135 Å². The summed E-state index contributed by atoms with van der Waals surface area (Å²) >= 11 is 0. The van der Waals surface area contributed by atoms with E-state index < -0.39 is 0 Å². The molecule has 3 aromatic heterocycles. The molecule has 0 amide bonds. The van der Waals surface area contributed by atoms with Gasteiger partial charge < -0.3 is 14.1 Å². The molecule has 0 fully saturated rings. The molecular formula is C38H31N3. The number of rotatable bonds is 6. The van der Waals surface area contributed by atoms with Gasteiger partial charge in [-0.2, -0.15) is 0 Å². The van der Waals surface area contributed by atoms with Gasteiger partial charge in [-0.3, -0.25) is 0 Å². The summed E-state index contributed by atoms with van der Waals surface area (Å²) in [6.07, 6.45) is 16.4. The highest BCUT2D eigenvalue weighted by molar-refractivity contribution is 6.40. The van der Waals surface area contributed by atoms with Crippen LogP contribution < -0.4 is 0 Å². The van der Waals surface area contributed by atoms with E-state index in [-0.39, 0.29) is 0 Å². The van der Waals surface area contributed by atoms with Gasteiger partial charge in [0.25, 0.3) is 0 Å². The van der Waals surface area contributed by atoms with Crippen molar-refractivity contribution in [2.75, 3.05) is 0 Å². The van der Waals surface area contributed by atoms with Gasteiger partial charge in [0, 0.05) is 49.2 Å². The molecule has 0 saturated heterocycles. The lowest BCUT2D eigenvalue weighted by molar-refractivity contribution is 1.23. The largest absolute Gasteiger partial charge is 0.354 e. The predicted octanol–water partition coefficient (Wildman–Crippen LogP) is 10.7. The third-order valence-corrected chi connectivity index (χ3v) is 8.02. The molecule has 3 nitrogen and oxygen atoms in total. The van der Waals surface area contributed by atoms with Crippen LogP contribution in [0.3, 0.4) is 0 Å². The van der Waals surface area contributed by atoms with Crippen molar-refractivity contribution in [3.05, 3.63) is 135 Å². The van der Waals surface area contributed by atoms with Crippen molar-refractivity contribution >= 4 is 76.8 Å². The lowest BCUT2D eigenvalue weighted by Crippen LogP contribution is -1.97. The molecule has 0 unspecified atom stereocenters. The first-order valence-electron chi connectivity index (χ1n) is 14.0. The van der Waals surface area contributed by atoms with Crippen molar-refractivity contribution in [2.45, 2.75) is 13.8 Å². The number of fused-ring (bicyclic) bond motifs is 12. The summed E-state index contributed by atoms with van der Waals surface area (Å²) in [5.74, 6) is 0. The second-order valence-electron chi connectivity index (χ2n) is 10.2. The Labute approximate surface area is 239 Å². The predicted molar refractivity (Wildman–Crippen MR) is 180 cm³/mol. The second kappa shape index (κ2) is 9.72. The molecule has 0 aliphatic carbocycles. The van der Waals surface area contributed by atoms with Crippen LogP contribution in [0.4, 0.5) is 0 Å². The summed E-state index contributed by atoms with van der Waals surface area (Å²) in [5, 5.41) is 7.34. The standard InChI is InChI=1S/C38H31N3/c1-5-9-18-25(8-4)40-32-24-15-12-21-29(32)35-37(40)33-27-19-10-13-22-30(27)39-36(33)34-28-20-11-14-23-31(28)41(38(34)35)26(16-6-2)17-7-3/h5-24,39H,1-2H2,3-4H3/b17-7-,18-9-,25-8+,26-16+. The maximum Gasteiger partial charge on any atom is 0.0662 e. The van der Waals surface area contributed by atoms with E-state index in [4.69, 9.17) is 0 Å². The van der Waals surface area contributed by atoms with Gasteiger partial charge in [-0.1, -0.05) is 98.1 Å². The van der Waals surface area contributed by atoms with Crippen LogP contribution in [0.1, 0.15) is 13.8 Å². The van der Waals surface area contributed by atoms with Gasteiger partial charge in [-0.25, -0.2) is 0 Å². The third-order valence-electron chi connectivity index (χ3n) is 8.02. The Hall–Kier alpha value is -5.28. The van der Waals surface area contributed by atoms with Crippen LogP contribution in [-0.2, 0) is 0 Å². The van der Waals surface area contributed by atoms with Crippen LogP contribution in [-0.4, -0.2) is 14.1 Å². The molecule has 198 valence electrons. The van der Waals surface area contributed by atoms with E-state index in [0.29, 0.717) is 0 Å². The van der Waals surface area contributed by atoms with Gasteiger partial charge in [0.1, 0.15) is 0 Å². The zero-order valence-electron chi connectivity index (χ0n) is 23.4. The summed E-state index contributed by atoms with van der Waals surface area (Å²) in [4.78, 5) is 3.86. The third kappa shape index (κ3) is 3.46. The van der Waals surface area contributed by atoms with Gasteiger partial charge in [-0.05, 0) is 50.3 Å². The fraction of sp³-hybridized carbons (Fsp3) is 0.0526. The fourth-order valence-electron chi connectivity index (χ4n) is 6.52. The van der Waals surface area contributed by atoms with E-state index in [1.807, 2.05) is 18.2 Å². The highest BCUT2D eigenvalue weighted by Gasteiger charge is 2.26. The number of hydrogen-bond acceptors (Lipinski definition) is 0. The Morgan fingerprint density at radius 1 is 0.659 bits per heavy atom. The fourth-order valence-corrected chi connectivity index (χ4v) is 6.52. The second-order valence-corrected chi connectivity index (χ2v) is 10.2. The molecule has 3 heteroatoms. The number of nitrogens with zero attached hydrogens (tertiary/aromatic N) is 2. The van der Waals surface area contributed by atoms with Gasteiger partial charge in [-0.15, -0.1) is 0 Å². The van der Waals surface area contributed by atoms with E-state index in [1.54, 1.807) is 0 Å². The monoisotopic (exact) mass is 529 g/mol. The van der Waals surface area contributed by atoms with Crippen molar-refractivity contribution in [1.29, 1.82) is 0 Å². The first-order valence-corrected chi connectivity index (χ1v) is 14.0. The summed E-state index contributed by atoms with van der Waals surface area (Å²) in [6, 6.07) is 26.1. The SMILES string of the molecule is C=C/C=C\C(=C/C)n1c2ccccc2c2c3c(c4ccccc4n3C(/C=C\C)=C/C=C)c3[nH]c4ccccc4c3c21. The first kappa shape index (κ1) is 24.7. The summed E-state index contributed by atoms with van der Waals surface area (Å²) in [6.45, 7) is 12.1. The zero-order chi connectivity index (χ0) is 28.1. The van der Waals surface area contributed by atoms with E-state index in [1.165, 1.54) is 48.9 Å². The number of H-pyrrole nitrogens is 1. The van der Waals surface area contributed by atoms with E-state index in [0.717, 1.165) is 27.9 Å². The van der Waals surface area contributed by atoms with Crippen LogP contribution in [0.25, 0.3) is 76.8 Å². The minimum Gasteiger partial charge on any atom is -0.354 e. The maximum absolute atomic E-state index is 4.05. The molecule has 0 radical (unpaired) electrons. The average molecular weight is 530 g/mol. The van der Waals surface area contributed by atoms with Crippen LogP contribution >= 0.6 is 0 Å². The maximum atomic E-state index is 4.05. The van der Waals surface area contributed by atoms with Gasteiger partial charge in [0.15, 0.2) is 0 Å². The highest BCUT2D eigenvalue weighted by atomic mass is 15.0. The Kier molecular flexibility index (Phi) is 5.87. The summed E-state index contributed by atoms with van der Waals surface area (Å²) in [7, 11) is 0. The molecule has 41 heavy (non-hydrogen) atoms. The van der Waals surface area contributed by atoms with Crippen LogP contribution in [0, 0.1) is 0 Å². The van der Waals surface area contributed by atoms with E-state index in [9.17, 15) is 0 Å². The Bertz CT molecular complexity index is 2300. The van der Waals surface area contributed by atoms with Crippen molar-refractivity contribution in [3.8, 4) is 0 Å². The quantitative estimate of drug-likeness (QED) is 0.207. The number of aromatic nitrogens is 3. The lowest BCUT2D eigenvalue weighted by atomic mass is 10.0. The van der Waals surface area contributed by atoms with Crippen molar-refractivity contribution in [1.82, 2.24) is 14.1 Å². The topological polar surface area (TPSA) is 25.6 Å². The number of para-hydroxylation sites is 3. The number of hydrogen-bond donors (Lipinski definition) is 1. The molecular weight excluding hydrogens is 498 g/mol. The van der Waals surface area contributed by atoms with Crippen LogP contribution in [0.2, 0.25) is 0 Å². The van der Waals surface area contributed by atoms with E-state index in [2.05, 4.69) is 144 Å². The van der Waals surface area contributed by atoms with E-state index >= 15 is 0 Å². The Morgan fingerprint density at radius 3 is 1.88 bits per heavy atom. The number of benzene rings is 4. The van der Waals surface area contributed by atoms with Crippen molar-refractivity contribution in [3.63, 3.8) is 0 Å². The normalized spacial score (nSPS) is 13.4. The summed E-state index contributed by atoms with van der Waals surface area (Å²) in [5.41, 5.74) is 9.15. The lowest BCUT2D eigenvalue weighted by Gasteiger charge is -2.12. The molecule has 1 N–H and O–H groups in total. The molecule has 0 aliphatic rings. The van der Waals surface area contributed by atoms with Gasteiger partial charge >= 0.3 is 0 Å². The molecule has 7 rings (SSSR count). The molecule has 7 aromatic rings. The Morgan fingerprint density at radius 2 is 1.24 bits per heavy atom. The number of nitrogens with one attached hydrogen (secondary N) is 1. The van der Waals surface area contributed by atoms with Crippen molar-refractivity contribution in [2.24, 2.45) is 0 Å². The average Bonchev–Trinajstić information content (AvgIpc) is 3.65. The minimum atomic E-state index is 1.07. The zero-order valence-corrected chi connectivity index (χ0v) is 23.4. The molecule has 0 saturated carbocycles. The first-order chi connectivity index (χ1) is 20.2. The molecule has 0 spiro atoms.